The molecule has 5 nitrogen and oxygen atoms in total. The van der Waals surface area contributed by atoms with E-state index < -0.39 is 0 Å². The fraction of sp³-hybridized carbons (Fsp3) is 0.118. The predicted octanol–water partition coefficient (Wildman–Crippen LogP) is 3.27. The zero-order valence-electron chi connectivity index (χ0n) is 12.5. The van der Waals surface area contributed by atoms with Gasteiger partial charge in [-0.3, -0.25) is 4.79 Å². The molecule has 0 radical (unpaired) electrons. The van der Waals surface area contributed by atoms with Crippen molar-refractivity contribution in [1.82, 2.24) is 0 Å². The second-order valence-corrected chi connectivity index (χ2v) is 5.40. The molecule has 0 bridgehead atoms. The minimum atomic E-state index is -0.315. The predicted molar refractivity (Wildman–Crippen MR) is 91.6 cm³/mol. The molecular weight excluding hydrogens is 310 g/mol. The molecule has 0 fully saturated rings. The summed E-state index contributed by atoms with van der Waals surface area (Å²) in [5.74, 6) is -0.315. The van der Waals surface area contributed by atoms with Gasteiger partial charge >= 0.3 is 0 Å². The molecule has 116 valence electrons. The number of nitrogens with zero attached hydrogens (tertiary/aromatic N) is 2. The highest BCUT2D eigenvalue weighted by molar-refractivity contribution is 7.98. The van der Waals surface area contributed by atoms with Gasteiger partial charge in [0.15, 0.2) is 6.61 Å². The highest BCUT2D eigenvalue weighted by atomic mass is 32.2. The molecule has 0 aliphatic rings. The number of carbonyl (C=O) groups excluding carboxylic acids is 1. The second-order valence-electron chi connectivity index (χ2n) is 4.52. The smallest absolute Gasteiger partial charge is 0.265 e. The Morgan fingerprint density at radius 3 is 2.57 bits per heavy atom. The van der Waals surface area contributed by atoms with Gasteiger partial charge in [-0.25, -0.2) is 0 Å². The summed E-state index contributed by atoms with van der Waals surface area (Å²) < 4.78 is 0. The van der Waals surface area contributed by atoms with Gasteiger partial charge < -0.3 is 10.2 Å². The van der Waals surface area contributed by atoms with E-state index in [4.69, 9.17) is 10.1 Å². The van der Waals surface area contributed by atoms with Crippen molar-refractivity contribution >= 4 is 29.6 Å². The molecule has 2 aromatic carbocycles. The number of hydrogen-bond donors (Lipinski definition) is 1. The maximum absolute atomic E-state index is 11.7. The normalized spacial score (nSPS) is 10.3. The molecule has 0 saturated heterocycles. The average Bonchev–Trinajstić information content (AvgIpc) is 2.60. The van der Waals surface area contributed by atoms with Crippen LogP contribution in [-0.4, -0.2) is 25.0 Å². The van der Waals surface area contributed by atoms with Crippen molar-refractivity contribution in [2.24, 2.45) is 5.16 Å². The number of rotatable bonds is 6. The van der Waals surface area contributed by atoms with Crippen molar-refractivity contribution < 1.29 is 9.63 Å². The molecule has 0 aliphatic carbocycles. The second kappa shape index (κ2) is 8.61. The number of hydrogen-bond acceptors (Lipinski definition) is 5. The summed E-state index contributed by atoms with van der Waals surface area (Å²) in [6.07, 6.45) is 3.57. The van der Waals surface area contributed by atoms with E-state index in [0.29, 0.717) is 11.3 Å². The largest absolute Gasteiger partial charge is 0.386 e. The van der Waals surface area contributed by atoms with Crippen LogP contribution in [0, 0.1) is 11.3 Å². The quantitative estimate of drug-likeness (QED) is 0.502. The number of nitriles is 1. The van der Waals surface area contributed by atoms with E-state index in [0.717, 1.165) is 5.56 Å². The Balaban J connectivity index is 1.77. The first-order valence-corrected chi connectivity index (χ1v) is 8.03. The van der Waals surface area contributed by atoms with Crippen molar-refractivity contribution in [3.63, 3.8) is 0 Å². The van der Waals surface area contributed by atoms with Gasteiger partial charge in [0.2, 0.25) is 0 Å². The van der Waals surface area contributed by atoms with E-state index >= 15 is 0 Å². The van der Waals surface area contributed by atoms with Gasteiger partial charge in [-0.2, -0.15) is 5.26 Å². The van der Waals surface area contributed by atoms with Crippen LogP contribution in [0.4, 0.5) is 5.69 Å². The van der Waals surface area contributed by atoms with Crippen molar-refractivity contribution in [2.75, 3.05) is 18.2 Å². The van der Waals surface area contributed by atoms with Gasteiger partial charge in [0.1, 0.15) is 0 Å². The summed E-state index contributed by atoms with van der Waals surface area (Å²) in [6.45, 7) is -0.181. The van der Waals surface area contributed by atoms with Crippen LogP contribution < -0.4 is 5.32 Å². The van der Waals surface area contributed by atoms with Crippen LogP contribution in [0.3, 0.4) is 0 Å². The molecule has 1 N–H and O–H groups in total. The fourth-order valence-corrected chi connectivity index (χ4v) is 2.12. The summed E-state index contributed by atoms with van der Waals surface area (Å²) in [6, 6.07) is 16.4. The van der Waals surface area contributed by atoms with Crippen LogP contribution in [-0.2, 0) is 9.63 Å². The third-order valence-corrected chi connectivity index (χ3v) is 3.63. The van der Waals surface area contributed by atoms with Gasteiger partial charge in [-0.05, 0) is 48.2 Å². The lowest BCUT2D eigenvalue weighted by Gasteiger charge is -2.04. The van der Waals surface area contributed by atoms with Gasteiger partial charge in [-0.15, -0.1) is 11.8 Å². The number of thioether (sulfide) groups is 1. The molecule has 0 aliphatic heterocycles. The maximum Gasteiger partial charge on any atom is 0.265 e. The Morgan fingerprint density at radius 1 is 1.26 bits per heavy atom. The van der Waals surface area contributed by atoms with Gasteiger partial charge in [0.25, 0.3) is 5.91 Å². The molecule has 2 aromatic rings. The third-order valence-electron chi connectivity index (χ3n) is 2.89. The lowest BCUT2D eigenvalue weighted by atomic mass is 10.2. The molecule has 0 unspecified atom stereocenters. The first-order chi connectivity index (χ1) is 11.2. The zero-order chi connectivity index (χ0) is 16.5. The molecule has 23 heavy (non-hydrogen) atoms. The van der Waals surface area contributed by atoms with Crippen LogP contribution in [0.5, 0.6) is 0 Å². The van der Waals surface area contributed by atoms with E-state index in [-0.39, 0.29) is 12.5 Å². The van der Waals surface area contributed by atoms with Gasteiger partial charge in [0, 0.05) is 10.6 Å². The summed E-state index contributed by atoms with van der Waals surface area (Å²) in [4.78, 5) is 17.8. The average molecular weight is 325 g/mol. The van der Waals surface area contributed by atoms with E-state index in [2.05, 4.69) is 10.5 Å². The molecule has 0 atom stereocenters. The molecule has 0 aromatic heterocycles. The third kappa shape index (κ3) is 5.49. The SMILES string of the molecule is CSc1ccc(/C=N/OCC(=O)Nc2ccc(C#N)cc2)cc1. The van der Waals surface area contributed by atoms with E-state index in [1.54, 1.807) is 42.2 Å². The fourth-order valence-electron chi connectivity index (χ4n) is 1.71. The summed E-state index contributed by atoms with van der Waals surface area (Å²) in [5.41, 5.74) is 2.04. The van der Waals surface area contributed by atoms with E-state index in [9.17, 15) is 4.79 Å². The number of oxime groups is 1. The highest BCUT2D eigenvalue weighted by Crippen LogP contribution is 2.14. The first-order valence-electron chi connectivity index (χ1n) is 6.80. The summed E-state index contributed by atoms with van der Waals surface area (Å²) in [5, 5.41) is 15.1. The number of anilines is 1. The molecule has 0 heterocycles. The Labute approximate surface area is 139 Å². The van der Waals surface area contributed by atoms with E-state index in [1.807, 2.05) is 36.6 Å². The Kier molecular flexibility index (Phi) is 6.21. The van der Waals surface area contributed by atoms with Crippen molar-refractivity contribution in [1.29, 1.82) is 5.26 Å². The molecular formula is C17H15N3O2S. The van der Waals surface area contributed by atoms with Gasteiger partial charge in [0.05, 0.1) is 17.8 Å². The van der Waals surface area contributed by atoms with Crippen LogP contribution in [0.1, 0.15) is 11.1 Å². The number of nitrogens with one attached hydrogen (secondary N) is 1. The Hall–Kier alpha value is -2.78. The van der Waals surface area contributed by atoms with Crippen LogP contribution in [0.2, 0.25) is 0 Å². The van der Waals surface area contributed by atoms with Gasteiger partial charge in [-0.1, -0.05) is 17.3 Å². The van der Waals surface area contributed by atoms with Crippen LogP contribution >= 0.6 is 11.8 Å². The lowest BCUT2D eigenvalue weighted by molar-refractivity contribution is -0.120. The molecule has 2 rings (SSSR count). The number of carbonyl (C=O) groups is 1. The Morgan fingerprint density at radius 2 is 1.96 bits per heavy atom. The van der Waals surface area contributed by atoms with E-state index in [1.165, 1.54) is 4.90 Å². The molecule has 6 heteroatoms. The maximum atomic E-state index is 11.7. The Bertz CT molecular complexity index is 719. The number of amides is 1. The molecule has 0 saturated carbocycles. The van der Waals surface area contributed by atoms with Crippen molar-refractivity contribution in [3.8, 4) is 6.07 Å². The monoisotopic (exact) mass is 325 g/mol. The molecule has 0 spiro atoms. The van der Waals surface area contributed by atoms with Crippen LogP contribution in [0.15, 0.2) is 58.6 Å². The van der Waals surface area contributed by atoms with Crippen molar-refractivity contribution in [2.45, 2.75) is 4.90 Å². The minimum Gasteiger partial charge on any atom is -0.386 e. The standard InChI is InChI=1S/C17H15N3O2S/c1-23-16-8-4-14(5-9-16)11-19-22-12-17(21)20-15-6-2-13(10-18)3-7-15/h2-9,11H,12H2,1H3,(H,20,21)/b19-11+. The number of benzene rings is 2. The zero-order valence-corrected chi connectivity index (χ0v) is 13.3. The van der Waals surface area contributed by atoms with Crippen molar-refractivity contribution in [3.05, 3.63) is 59.7 Å². The first kappa shape index (κ1) is 16.6. The highest BCUT2D eigenvalue weighted by Gasteiger charge is 2.02. The minimum absolute atomic E-state index is 0.181. The van der Waals surface area contributed by atoms with Crippen LogP contribution in [0.25, 0.3) is 0 Å². The summed E-state index contributed by atoms with van der Waals surface area (Å²) in [7, 11) is 0. The topological polar surface area (TPSA) is 74.5 Å². The molecule has 1 amide bonds. The lowest BCUT2D eigenvalue weighted by Crippen LogP contribution is -2.16. The summed E-state index contributed by atoms with van der Waals surface area (Å²) >= 11 is 1.67.